The number of hydrogen-bond donors (Lipinski definition) is 1. The zero-order valence-corrected chi connectivity index (χ0v) is 10.6. The van der Waals surface area contributed by atoms with Gasteiger partial charge in [-0.2, -0.15) is 0 Å². The average molecular weight is 223 g/mol. The van der Waals surface area contributed by atoms with Gasteiger partial charge in [-0.3, -0.25) is 0 Å². The maximum Gasteiger partial charge on any atom is 0.127 e. The molecule has 0 aromatic heterocycles. The molecule has 1 rings (SSSR count). The number of halogens is 1. The molecule has 2 unspecified atom stereocenters. The Labute approximate surface area is 97.9 Å². The van der Waals surface area contributed by atoms with E-state index < -0.39 is 0 Å². The lowest BCUT2D eigenvalue weighted by molar-refractivity contribution is 0.233. The van der Waals surface area contributed by atoms with Crippen molar-refractivity contribution in [1.29, 1.82) is 0 Å². The van der Waals surface area contributed by atoms with Gasteiger partial charge >= 0.3 is 0 Å². The van der Waals surface area contributed by atoms with Gasteiger partial charge in [-0.05, 0) is 23.8 Å². The Morgan fingerprint density at radius 2 is 1.81 bits per heavy atom. The summed E-state index contributed by atoms with van der Waals surface area (Å²) in [6, 6.07) is 6.56. The summed E-state index contributed by atoms with van der Waals surface area (Å²) in [5, 5.41) is 0. The van der Waals surface area contributed by atoms with Gasteiger partial charge in [0.2, 0.25) is 0 Å². The highest BCUT2D eigenvalue weighted by molar-refractivity contribution is 5.20. The molecule has 2 N–H and O–H groups in total. The average Bonchev–Trinajstić information content (AvgIpc) is 2.16. The van der Waals surface area contributed by atoms with Gasteiger partial charge in [0.1, 0.15) is 5.82 Å². The molecule has 0 heterocycles. The molecule has 0 fully saturated rings. The van der Waals surface area contributed by atoms with Gasteiger partial charge < -0.3 is 5.73 Å². The Kier molecular flexibility index (Phi) is 4.09. The van der Waals surface area contributed by atoms with Crippen molar-refractivity contribution in [2.24, 2.45) is 17.1 Å². The standard InChI is InChI=1S/C14H22FN/c1-10(14(2,3)4)9-13(16)11-7-5-6-8-12(11)15/h5-8,10,13H,9,16H2,1-4H3. The SMILES string of the molecule is CC(CC(N)c1ccccc1F)C(C)(C)C. The summed E-state index contributed by atoms with van der Waals surface area (Å²) in [7, 11) is 0. The minimum Gasteiger partial charge on any atom is -0.324 e. The van der Waals surface area contributed by atoms with Crippen LogP contribution in [0.3, 0.4) is 0 Å². The van der Waals surface area contributed by atoms with Crippen LogP contribution in [-0.4, -0.2) is 0 Å². The normalized spacial score (nSPS) is 15.9. The Hall–Kier alpha value is -0.890. The third-order valence-electron chi connectivity index (χ3n) is 3.39. The van der Waals surface area contributed by atoms with Crippen LogP contribution in [0.5, 0.6) is 0 Å². The molecule has 90 valence electrons. The minimum atomic E-state index is -0.213. The van der Waals surface area contributed by atoms with Crippen molar-refractivity contribution in [3.05, 3.63) is 35.6 Å². The fraction of sp³-hybridized carbons (Fsp3) is 0.571. The van der Waals surface area contributed by atoms with Crippen LogP contribution in [0, 0.1) is 17.2 Å². The van der Waals surface area contributed by atoms with Gasteiger partial charge in [0.05, 0.1) is 0 Å². The second kappa shape index (κ2) is 4.96. The number of rotatable bonds is 3. The molecule has 0 amide bonds. The maximum absolute atomic E-state index is 13.5. The first kappa shape index (κ1) is 13.2. The van der Waals surface area contributed by atoms with E-state index in [1.807, 2.05) is 6.07 Å². The topological polar surface area (TPSA) is 26.0 Å². The molecule has 0 spiro atoms. The lowest BCUT2D eigenvalue weighted by Gasteiger charge is -2.29. The zero-order chi connectivity index (χ0) is 12.3. The van der Waals surface area contributed by atoms with Crippen molar-refractivity contribution in [3.8, 4) is 0 Å². The molecule has 1 aromatic rings. The van der Waals surface area contributed by atoms with Crippen LogP contribution < -0.4 is 5.73 Å². The fourth-order valence-corrected chi connectivity index (χ4v) is 1.64. The first-order chi connectivity index (χ1) is 7.32. The fourth-order valence-electron chi connectivity index (χ4n) is 1.64. The molecule has 0 saturated heterocycles. The summed E-state index contributed by atoms with van der Waals surface area (Å²) >= 11 is 0. The molecule has 16 heavy (non-hydrogen) atoms. The maximum atomic E-state index is 13.5. The number of benzene rings is 1. The Morgan fingerprint density at radius 3 is 2.31 bits per heavy atom. The summed E-state index contributed by atoms with van der Waals surface area (Å²) in [4.78, 5) is 0. The van der Waals surface area contributed by atoms with E-state index in [1.54, 1.807) is 12.1 Å². The van der Waals surface area contributed by atoms with Gasteiger partial charge in [-0.15, -0.1) is 0 Å². The molecule has 0 saturated carbocycles. The summed E-state index contributed by atoms with van der Waals surface area (Å²) in [5.74, 6) is 0.262. The first-order valence-corrected chi connectivity index (χ1v) is 5.82. The predicted octanol–water partition coefficient (Wildman–Crippen LogP) is 3.90. The summed E-state index contributed by atoms with van der Waals surface area (Å²) in [6.45, 7) is 8.73. The molecule has 1 nitrogen and oxygen atoms in total. The molecular weight excluding hydrogens is 201 g/mol. The molecule has 1 aromatic carbocycles. The Bertz CT molecular complexity index is 341. The van der Waals surface area contributed by atoms with Crippen LogP contribution >= 0.6 is 0 Å². The van der Waals surface area contributed by atoms with Crippen LogP contribution in [-0.2, 0) is 0 Å². The highest BCUT2D eigenvalue weighted by Gasteiger charge is 2.23. The summed E-state index contributed by atoms with van der Waals surface area (Å²) in [6.07, 6.45) is 0.810. The summed E-state index contributed by atoms with van der Waals surface area (Å²) < 4.78 is 13.5. The monoisotopic (exact) mass is 223 g/mol. The highest BCUT2D eigenvalue weighted by atomic mass is 19.1. The molecule has 0 aliphatic carbocycles. The predicted molar refractivity (Wildman–Crippen MR) is 66.6 cm³/mol. The van der Waals surface area contributed by atoms with E-state index >= 15 is 0 Å². The van der Waals surface area contributed by atoms with E-state index in [9.17, 15) is 4.39 Å². The molecule has 2 atom stereocenters. The van der Waals surface area contributed by atoms with Crippen molar-refractivity contribution in [3.63, 3.8) is 0 Å². The molecule has 0 radical (unpaired) electrons. The van der Waals surface area contributed by atoms with E-state index in [-0.39, 0.29) is 17.3 Å². The number of hydrogen-bond acceptors (Lipinski definition) is 1. The van der Waals surface area contributed by atoms with Gasteiger partial charge in [-0.25, -0.2) is 4.39 Å². The van der Waals surface area contributed by atoms with Crippen LogP contribution in [0.4, 0.5) is 4.39 Å². The van der Waals surface area contributed by atoms with Crippen molar-refractivity contribution >= 4 is 0 Å². The molecule has 0 aliphatic rings. The van der Waals surface area contributed by atoms with E-state index in [2.05, 4.69) is 27.7 Å². The van der Waals surface area contributed by atoms with Crippen LogP contribution in [0.25, 0.3) is 0 Å². The Morgan fingerprint density at radius 1 is 1.25 bits per heavy atom. The van der Waals surface area contributed by atoms with E-state index in [0.29, 0.717) is 11.5 Å². The summed E-state index contributed by atoms with van der Waals surface area (Å²) in [5.41, 5.74) is 6.89. The zero-order valence-electron chi connectivity index (χ0n) is 10.6. The largest absolute Gasteiger partial charge is 0.324 e. The van der Waals surface area contributed by atoms with Crippen molar-refractivity contribution < 1.29 is 4.39 Å². The van der Waals surface area contributed by atoms with E-state index in [1.165, 1.54) is 6.07 Å². The number of nitrogens with two attached hydrogens (primary N) is 1. The van der Waals surface area contributed by atoms with Gasteiger partial charge in [-0.1, -0.05) is 45.9 Å². The van der Waals surface area contributed by atoms with E-state index in [0.717, 1.165) is 6.42 Å². The van der Waals surface area contributed by atoms with Crippen LogP contribution in [0.15, 0.2) is 24.3 Å². The van der Waals surface area contributed by atoms with Crippen molar-refractivity contribution in [2.75, 3.05) is 0 Å². The molecule has 2 heteroatoms. The molecular formula is C14H22FN. The Balaban J connectivity index is 2.73. The van der Waals surface area contributed by atoms with Crippen LogP contribution in [0.2, 0.25) is 0 Å². The third-order valence-corrected chi connectivity index (χ3v) is 3.39. The van der Waals surface area contributed by atoms with Gasteiger partial charge in [0, 0.05) is 11.6 Å². The molecule has 0 bridgehead atoms. The lowest BCUT2D eigenvalue weighted by atomic mass is 9.78. The second-order valence-corrected chi connectivity index (χ2v) is 5.63. The second-order valence-electron chi connectivity index (χ2n) is 5.63. The highest BCUT2D eigenvalue weighted by Crippen LogP contribution is 2.32. The van der Waals surface area contributed by atoms with Crippen molar-refractivity contribution in [1.82, 2.24) is 0 Å². The quantitative estimate of drug-likeness (QED) is 0.826. The smallest absolute Gasteiger partial charge is 0.127 e. The minimum absolute atomic E-state index is 0.198. The lowest BCUT2D eigenvalue weighted by Crippen LogP contribution is -2.23. The van der Waals surface area contributed by atoms with Gasteiger partial charge in [0.15, 0.2) is 0 Å². The van der Waals surface area contributed by atoms with Gasteiger partial charge in [0.25, 0.3) is 0 Å². The third kappa shape index (κ3) is 3.31. The first-order valence-electron chi connectivity index (χ1n) is 5.82. The van der Waals surface area contributed by atoms with Crippen LogP contribution in [0.1, 0.15) is 45.7 Å². The van der Waals surface area contributed by atoms with E-state index in [4.69, 9.17) is 5.73 Å². The van der Waals surface area contributed by atoms with Crippen molar-refractivity contribution in [2.45, 2.75) is 40.2 Å². The molecule has 0 aliphatic heterocycles.